The lowest BCUT2D eigenvalue weighted by Crippen LogP contribution is -2.49. The van der Waals surface area contributed by atoms with Crippen LogP contribution in [0.1, 0.15) is 49.4 Å². The van der Waals surface area contributed by atoms with Gasteiger partial charge in [-0.1, -0.05) is 6.07 Å². The predicted molar refractivity (Wildman–Crippen MR) is 73.2 cm³/mol. The molecular formula is C15H21N3O. The lowest BCUT2D eigenvalue weighted by atomic mass is 9.97. The molecule has 1 amide bonds. The molecule has 4 heteroatoms. The smallest absolute Gasteiger partial charge is 0.237 e. The molecule has 0 aliphatic carbocycles. The highest BCUT2D eigenvalue weighted by Gasteiger charge is 2.35. The molecule has 1 aromatic heterocycles. The summed E-state index contributed by atoms with van der Waals surface area (Å²) in [5.41, 5.74) is 2.26. The van der Waals surface area contributed by atoms with Gasteiger partial charge in [-0.05, 0) is 44.2 Å². The number of aryl methyl sites for hydroxylation is 1. The molecule has 3 heterocycles. The van der Waals surface area contributed by atoms with Crippen LogP contribution in [-0.4, -0.2) is 34.0 Å². The molecule has 1 aromatic rings. The highest BCUT2D eigenvalue weighted by atomic mass is 16.2. The average molecular weight is 259 g/mol. The van der Waals surface area contributed by atoms with Gasteiger partial charge in [0, 0.05) is 25.7 Å². The van der Waals surface area contributed by atoms with Crippen LogP contribution in [0.25, 0.3) is 0 Å². The number of piperidine rings is 1. The van der Waals surface area contributed by atoms with Crippen molar-refractivity contribution in [3.05, 3.63) is 29.6 Å². The van der Waals surface area contributed by atoms with Gasteiger partial charge in [-0.25, -0.2) is 5.01 Å². The van der Waals surface area contributed by atoms with E-state index in [0.717, 1.165) is 31.6 Å². The highest BCUT2D eigenvalue weighted by Crippen LogP contribution is 2.34. The monoisotopic (exact) mass is 259 g/mol. The van der Waals surface area contributed by atoms with Gasteiger partial charge in [0.1, 0.15) is 0 Å². The molecule has 102 valence electrons. The van der Waals surface area contributed by atoms with Crippen molar-refractivity contribution in [3.8, 4) is 0 Å². The average Bonchev–Trinajstić information content (AvgIpc) is 2.92. The first kappa shape index (κ1) is 12.6. The van der Waals surface area contributed by atoms with Gasteiger partial charge in [0.05, 0.1) is 11.7 Å². The van der Waals surface area contributed by atoms with Crippen LogP contribution < -0.4 is 0 Å². The van der Waals surface area contributed by atoms with Crippen molar-refractivity contribution in [2.75, 3.05) is 13.1 Å². The maximum absolute atomic E-state index is 12.3. The van der Waals surface area contributed by atoms with Crippen LogP contribution in [0.2, 0.25) is 0 Å². The summed E-state index contributed by atoms with van der Waals surface area (Å²) >= 11 is 0. The van der Waals surface area contributed by atoms with Crippen molar-refractivity contribution in [1.82, 2.24) is 15.0 Å². The molecular weight excluding hydrogens is 238 g/mol. The van der Waals surface area contributed by atoms with Gasteiger partial charge in [-0.3, -0.25) is 14.8 Å². The van der Waals surface area contributed by atoms with Crippen molar-refractivity contribution in [1.29, 1.82) is 0 Å². The molecule has 0 N–H and O–H groups in total. The third kappa shape index (κ3) is 2.37. The van der Waals surface area contributed by atoms with Crippen molar-refractivity contribution in [3.63, 3.8) is 0 Å². The summed E-state index contributed by atoms with van der Waals surface area (Å²) in [5, 5.41) is 4.24. The minimum absolute atomic E-state index is 0.139. The zero-order valence-corrected chi connectivity index (χ0v) is 11.5. The Morgan fingerprint density at radius 2 is 2.05 bits per heavy atom. The lowest BCUT2D eigenvalue weighted by Gasteiger charge is -2.41. The van der Waals surface area contributed by atoms with Crippen LogP contribution in [0, 0.1) is 6.92 Å². The normalized spacial score (nSPS) is 25.0. The van der Waals surface area contributed by atoms with E-state index in [0.29, 0.717) is 6.42 Å². The van der Waals surface area contributed by atoms with Gasteiger partial charge in [0.2, 0.25) is 5.91 Å². The highest BCUT2D eigenvalue weighted by molar-refractivity contribution is 5.77. The van der Waals surface area contributed by atoms with E-state index in [-0.39, 0.29) is 11.9 Å². The standard InChI is InChI=1S/C15H21N3O/c1-12-6-5-9-16-15(12)13-7-4-8-14(19)18(13)17-10-2-3-11-17/h5-6,9,13H,2-4,7-8,10-11H2,1H3. The molecule has 1 atom stereocenters. The van der Waals surface area contributed by atoms with Crippen LogP contribution in [0.4, 0.5) is 0 Å². The minimum Gasteiger partial charge on any atom is -0.273 e. The number of carbonyl (C=O) groups excluding carboxylic acids is 1. The largest absolute Gasteiger partial charge is 0.273 e. The SMILES string of the molecule is Cc1cccnc1C1CCCC(=O)N1N1CCCC1. The fraction of sp³-hybridized carbons (Fsp3) is 0.600. The topological polar surface area (TPSA) is 36.4 Å². The third-order valence-electron chi connectivity index (χ3n) is 4.17. The zero-order chi connectivity index (χ0) is 13.2. The van der Waals surface area contributed by atoms with Crippen molar-refractivity contribution < 1.29 is 4.79 Å². The number of carbonyl (C=O) groups is 1. The van der Waals surface area contributed by atoms with E-state index in [1.807, 2.05) is 17.3 Å². The number of pyridine rings is 1. The van der Waals surface area contributed by atoms with Crippen LogP contribution in [-0.2, 0) is 4.79 Å². The second-order valence-electron chi connectivity index (χ2n) is 5.51. The minimum atomic E-state index is 0.139. The molecule has 4 nitrogen and oxygen atoms in total. The van der Waals surface area contributed by atoms with Gasteiger partial charge in [-0.2, -0.15) is 0 Å². The molecule has 2 saturated heterocycles. The molecule has 2 fully saturated rings. The summed E-state index contributed by atoms with van der Waals surface area (Å²) in [6.45, 7) is 4.10. The summed E-state index contributed by atoms with van der Waals surface area (Å²) in [5.74, 6) is 0.267. The molecule has 0 bridgehead atoms. The Bertz CT molecular complexity index is 468. The second kappa shape index (κ2) is 5.29. The van der Waals surface area contributed by atoms with Crippen molar-refractivity contribution >= 4 is 5.91 Å². The fourth-order valence-corrected chi connectivity index (χ4v) is 3.23. The number of hydrogen-bond acceptors (Lipinski definition) is 3. The fourth-order valence-electron chi connectivity index (χ4n) is 3.23. The maximum atomic E-state index is 12.3. The van der Waals surface area contributed by atoms with Crippen LogP contribution in [0.3, 0.4) is 0 Å². The van der Waals surface area contributed by atoms with E-state index < -0.39 is 0 Å². The Kier molecular flexibility index (Phi) is 3.51. The first-order chi connectivity index (χ1) is 9.27. The maximum Gasteiger partial charge on any atom is 0.237 e. The van der Waals surface area contributed by atoms with E-state index in [1.54, 1.807) is 0 Å². The molecule has 2 aliphatic rings. The van der Waals surface area contributed by atoms with E-state index in [2.05, 4.69) is 23.0 Å². The Morgan fingerprint density at radius 3 is 2.79 bits per heavy atom. The molecule has 19 heavy (non-hydrogen) atoms. The van der Waals surface area contributed by atoms with Gasteiger partial charge in [-0.15, -0.1) is 0 Å². The van der Waals surface area contributed by atoms with Crippen LogP contribution >= 0.6 is 0 Å². The Hall–Kier alpha value is -1.42. The first-order valence-electron chi connectivity index (χ1n) is 7.26. The van der Waals surface area contributed by atoms with Gasteiger partial charge < -0.3 is 0 Å². The summed E-state index contributed by atoms with van der Waals surface area (Å²) in [7, 11) is 0. The van der Waals surface area contributed by atoms with Crippen LogP contribution in [0.5, 0.6) is 0 Å². The predicted octanol–water partition coefficient (Wildman–Crippen LogP) is 2.45. The quantitative estimate of drug-likeness (QED) is 0.818. The number of hydrogen-bond donors (Lipinski definition) is 0. The Balaban J connectivity index is 1.92. The molecule has 2 aliphatic heterocycles. The molecule has 0 saturated carbocycles. The molecule has 0 radical (unpaired) electrons. The number of amides is 1. The molecule has 1 unspecified atom stereocenters. The van der Waals surface area contributed by atoms with E-state index in [9.17, 15) is 4.79 Å². The van der Waals surface area contributed by atoms with Crippen LogP contribution in [0.15, 0.2) is 18.3 Å². The Morgan fingerprint density at radius 1 is 1.26 bits per heavy atom. The molecule has 3 rings (SSSR count). The second-order valence-corrected chi connectivity index (χ2v) is 5.51. The first-order valence-corrected chi connectivity index (χ1v) is 7.26. The summed E-state index contributed by atoms with van der Waals surface area (Å²) in [6.07, 6.45) is 6.90. The number of nitrogens with zero attached hydrogens (tertiary/aromatic N) is 3. The summed E-state index contributed by atoms with van der Waals surface area (Å²) in [6, 6.07) is 4.19. The Labute approximate surface area is 114 Å². The zero-order valence-electron chi connectivity index (χ0n) is 11.5. The van der Waals surface area contributed by atoms with Gasteiger partial charge >= 0.3 is 0 Å². The van der Waals surface area contributed by atoms with Gasteiger partial charge in [0.25, 0.3) is 0 Å². The molecule has 0 aromatic carbocycles. The molecule has 0 spiro atoms. The number of aromatic nitrogens is 1. The van der Waals surface area contributed by atoms with E-state index >= 15 is 0 Å². The third-order valence-corrected chi connectivity index (χ3v) is 4.17. The lowest BCUT2D eigenvalue weighted by molar-refractivity contribution is -0.158. The van der Waals surface area contributed by atoms with Crippen molar-refractivity contribution in [2.24, 2.45) is 0 Å². The van der Waals surface area contributed by atoms with E-state index in [1.165, 1.54) is 18.4 Å². The number of hydrazine groups is 1. The summed E-state index contributed by atoms with van der Waals surface area (Å²) < 4.78 is 0. The van der Waals surface area contributed by atoms with E-state index in [4.69, 9.17) is 0 Å². The number of rotatable bonds is 2. The van der Waals surface area contributed by atoms with Gasteiger partial charge in [0.15, 0.2) is 0 Å². The van der Waals surface area contributed by atoms with Crippen molar-refractivity contribution in [2.45, 2.75) is 45.1 Å². The summed E-state index contributed by atoms with van der Waals surface area (Å²) in [4.78, 5) is 16.9.